The number of hydrogen-bond donors (Lipinski definition) is 1. The number of halogens is 1. The standard InChI is InChI=1S/C14H19ClO2/c1-3-10(9(2)16)6-12-8-13(15)7-11-4-5-17-14(11)12/h7-10,16H,3-6H2,1-2H3. The zero-order valence-corrected chi connectivity index (χ0v) is 11.1. The Morgan fingerprint density at radius 3 is 2.88 bits per heavy atom. The predicted molar refractivity (Wildman–Crippen MR) is 69.8 cm³/mol. The lowest BCUT2D eigenvalue weighted by atomic mass is 9.91. The van der Waals surface area contributed by atoms with Gasteiger partial charge in [0.1, 0.15) is 5.75 Å². The van der Waals surface area contributed by atoms with Gasteiger partial charge in [-0.3, -0.25) is 0 Å². The van der Waals surface area contributed by atoms with E-state index >= 15 is 0 Å². The molecule has 3 heteroatoms. The summed E-state index contributed by atoms with van der Waals surface area (Å²) in [6.07, 6.45) is 2.43. The number of aliphatic hydroxyl groups excluding tert-OH is 1. The molecule has 0 bridgehead atoms. The van der Waals surface area contributed by atoms with Crippen molar-refractivity contribution in [1.82, 2.24) is 0 Å². The SMILES string of the molecule is CCC(Cc1cc(Cl)cc2c1OCC2)C(C)O. The first-order chi connectivity index (χ1) is 8.11. The van der Waals surface area contributed by atoms with Crippen LogP contribution in [0.3, 0.4) is 0 Å². The molecule has 0 radical (unpaired) electrons. The summed E-state index contributed by atoms with van der Waals surface area (Å²) in [6.45, 7) is 4.69. The second-order valence-electron chi connectivity index (χ2n) is 4.76. The summed E-state index contributed by atoms with van der Waals surface area (Å²) in [4.78, 5) is 0. The van der Waals surface area contributed by atoms with Crippen LogP contribution >= 0.6 is 11.6 Å². The van der Waals surface area contributed by atoms with E-state index in [9.17, 15) is 5.11 Å². The largest absolute Gasteiger partial charge is 0.493 e. The molecule has 1 aliphatic heterocycles. The quantitative estimate of drug-likeness (QED) is 0.894. The Morgan fingerprint density at radius 1 is 1.47 bits per heavy atom. The second-order valence-corrected chi connectivity index (χ2v) is 5.20. The molecule has 1 aromatic carbocycles. The van der Waals surface area contributed by atoms with Gasteiger partial charge in [-0.1, -0.05) is 24.9 Å². The topological polar surface area (TPSA) is 29.5 Å². The van der Waals surface area contributed by atoms with E-state index in [0.717, 1.165) is 42.2 Å². The van der Waals surface area contributed by atoms with Crippen LogP contribution in [0, 0.1) is 5.92 Å². The Balaban J connectivity index is 2.26. The smallest absolute Gasteiger partial charge is 0.125 e. The monoisotopic (exact) mass is 254 g/mol. The first kappa shape index (κ1) is 12.7. The number of fused-ring (bicyclic) bond motifs is 1. The minimum Gasteiger partial charge on any atom is -0.493 e. The van der Waals surface area contributed by atoms with Gasteiger partial charge in [0.05, 0.1) is 12.7 Å². The molecule has 94 valence electrons. The molecule has 0 fully saturated rings. The molecule has 1 heterocycles. The minimum absolute atomic E-state index is 0.266. The van der Waals surface area contributed by atoms with Gasteiger partial charge in [-0.2, -0.15) is 0 Å². The van der Waals surface area contributed by atoms with Gasteiger partial charge in [0.25, 0.3) is 0 Å². The number of hydrogen-bond acceptors (Lipinski definition) is 2. The third kappa shape index (κ3) is 2.75. The van der Waals surface area contributed by atoms with Gasteiger partial charge < -0.3 is 9.84 Å². The fraction of sp³-hybridized carbons (Fsp3) is 0.571. The summed E-state index contributed by atoms with van der Waals surface area (Å²) < 4.78 is 5.67. The van der Waals surface area contributed by atoms with E-state index in [2.05, 4.69) is 6.92 Å². The van der Waals surface area contributed by atoms with Crippen LogP contribution in [0.1, 0.15) is 31.4 Å². The van der Waals surface area contributed by atoms with Crippen molar-refractivity contribution in [3.05, 3.63) is 28.3 Å². The molecule has 0 saturated carbocycles. The molecule has 1 aliphatic rings. The molecule has 2 unspecified atom stereocenters. The van der Waals surface area contributed by atoms with Crippen molar-refractivity contribution in [3.63, 3.8) is 0 Å². The molecule has 2 rings (SSSR count). The fourth-order valence-corrected chi connectivity index (χ4v) is 2.70. The van der Waals surface area contributed by atoms with Crippen LogP contribution in [-0.2, 0) is 12.8 Å². The predicted octanol–water partition coefficient (Wildman–Crippen LogP) is 3.22. The first-order valence-electron chi connectivity index (χ1n) is 6.24. The summed E-state index contributed by atoms with van der Waals surface area (Å²) >= 11 is 6.12. The first-order valence-corrected chi connectivity index (χ1v) is 6.61. The summed E-state index contributed by atoms with van der Waals surface area (Å²) in [5, 5.41) is 10.5. The molecule has 17 heavy (non-hydrogen) atoms. The average molecular weight is 255 g/mol. The minimum atomic E-state index is -0.295. The van der Waals surface area contributed by atoms with Crippen molar-refractivity contribution < 1.29 is 9.84 Å². The number of aliphatic hydroxyl groups is 1. The summed E-state index contributed by atoms with van der Waals surface area (Å²) in [6, 6.07) is 3.95. The Bertz CT molecular complexity index is 401. The third-order valence-electron chi connectivity index (χ3n) is 3.51. The highest BCUT2D eigenvalue weighted by molar-refractivity contribution is 6.30. The molecular weight excluding hydrogens is 236 g/mol. The highest BCUT2D eigenvalue weighted by atomic mass is 35.5. The maximum Gasteiger partial charge on any atom is 0.125 e. The van der Waals surface area contributed by atoms with Crippen molar-refractivity contribution in [3.8, 4) is 5.75 Å². The number of rotatable bonds is 4. The van der Waals surface area contributed by atoms with Gasteiger partial charge in [0.15, 0.2) is 0 Å². The van der Waals surface area contributed by atoms with Crippen LogP contribution in [0.2, 0.25) is 5.02 Å². The molecule has 0 saturated heterocycles. The van der Waals surface area contributed by atoms with E-state index in [-0.39, 0.29) is 12.0 Å². The average Bonchev–Trinajstić information content (AvgIpc) is 2.72. The van der Waals surface area contributed by atoms with Gasteiger partial charge in [-0.25, -0.2) is 0 Å². The van der Waals surface area contributed by atoms with E-state index in [1.807, 2.05) is 19.1 Å². The normalized spacial score (nSPS) is 17.4. The van der Waals surface area contributed by atoms with E-state index in [1.54, 1.807) is 0 Å². The highest BCUT2D eigenvalue weighted by Crippen LogP contribution is 2.35. The molecule has 0 amide bonds. The van der Waals surface area contributed by atoms with Crippen molar-refractivity contribution >= 4 is 11.6 Å². The molecule has 2 nitrogen and oxygen atoms in total. The Kier molecular flexibility index (Phi) is 3.95. The van der Waals surface area contributed by atoms with Crippen LogP contribution in [0.4, 0.5) is 0 Å². The maximum absolute atomic E-state index is 9.72. The Morgan fingerprint density at radius 2 is 2.24 bits per heavy atom. The maximum atomic E-state index is 9.72. The highest BCUT2D eigenvalue weighted by Gasteiger charge is 2.21. The van der Waals surface area contributed by atoms with Crippen LogP contribution in [0.5, 0.6) is 5.75 Å². The van der Waals surface area contributed by atoms with Crippen LogP contribution in [-0.4, -0.2) is 17.8 Å². The summed E-state index contributed by atoms with van der Waals surface area (Å²) in [5.41, 5.74) is 2.34. The lowest BCUT2D eigenvalue weighted by Crippen LogP contribution is -2.18. The van der Waals surface area contributed by atoms with E-state index < -0.39 is 0 Å². The number of ether oxygens (including phenoxy) is 1. The molecule has 1 aromatic rings. The van der Waals surface area contributed by atoms with E-state index in [0.29, 0.717) is 0 Å². The van der Waals surface area contributed by atoms with Crippen LogP contribution in [0.15, 0.2) is 12.1 Å². The van der Waals surface area contributed by atoms with Crippen LogP contribution in [0.25, 0.3) is 0 Å². The molecular formula is C14H19ClO2. The molecule has 0 aliphatic carbocycles. The van der Waals surface area contributed by atoms with Gasteiger partial charge in [-0.05, 0) is 42.5 Å². The van der Waals surface area contributed by atoms with Crippen molar-refractivity contribution in [1.29, 1.82) is 0 Å². The van der Waals surface area contributed by atoms with Crippen molar-refractivity contribution in [2.45, 2.75) is 39.2 Å². The lowest BCUT2D eigenvalue weighted by molar-refractivity contribution is 0.122. The van der Waals surface area contributed by atoms with Gasteiger partial charge in [-0.15, -0.1) is 0 Å². The Labute approximate surface area is 108 Å². The summed E-state index contributed by atoms with van der Waals surface area (Å²) in [7, 11) is 0. The van der Waals surface area contributed by atoms with Gasteiger partial charge in [0, 0.05) is 11.4 Å². The number of benzene rings is 1. The van der Waals surface area contributed by atoms with Crippen molar-refractivity contribution in [2.24, 2.45) is 5.92 Å². The van der Waals surface area contributed by atoms with Crippen molar-refractivity contribution in [2.75, 3.05) is 6.61 Å². The zero-order chi connectivity index (χ0) is 12.4. The van der Waals surface area contributed by atoms with E-state index in [1.165, 1.54) is 5.56 Å². The lowest BCUT2D eigenvalue weighted by Gasteiger charge is -2.19. The van der Waals surface area contributed by atoms with E-state index in [4.69, 9.17) is 16.3 Å². The summed E-state index contributed by atoms with van der Waals surface area (Å²) in [5.74, 6) is 1.26. The fourth-order valence-electron chi connectivity index (χ4n) is 2.44. The van der Waals surface area contributed by atoms with Gasteiger partial charge >= 0.3 is 0 Å². The second kappa shape index (κ2) is 5.28. The van der Waals surface area contributed by atoms with Gasteiger partial charge in [0.2, 0.25) is 0 Å². The molecule has 0 spiro atoms. The molecule has 1 N–H and O–H groups in total. The molecule has 2 atom stereocenters. The zero-order valence-electron chi connectivity index (χ0n) is 10.4. The van der Waals surface area contributed by atoms with Crippen LogP contribution < -0.4 is 4.74 Å². The molecule has 0 aromatic heterocycles. The Hall–Kier alpha value is -0.730. The third-order valence-corrected chi connectivity index (χ3v) is 3.73.